The van der Waals surface area contributed by atoms with Crippen LogP contribution in [0.25, 0.3) is 0 Å². The fourth-order valence-electron chi connectivity index (χ4n) is 1.92. The molecule has 18 heavy (non-hydrogen) atoms. The number of nitrogens with two attached hydrogens (primary N) is 1. The molecule has 1 saturated heterocycles. The lowest BCUT2D eigenvalue weighted by Crippen LogP contribution is -2.49. The summed E-state index contributed by atoms with van der Waals surface area (Å²) in [5.41, 5.74) is 5.55. The lowest BCUT2D eigenvalue weighted by atomic mass is 10.1. The minimum atomic E-state index is -1.24. The van der Waals surface area contributed by atoms with Crippen molar-refractivity contribution in [3.05, 3.63) is 0 Å². The SMILES string of the molecule is CCOC(=O)C(N)C(=O)N(C)CC1CCCCO1. The molecule has 0 radical (unpaired) electrons. The third-order valence-corrected chi connectivity index (χ3v) is 2.93. The Balaban J connectivity index is 2.41. The average molecular weight is 258 g/mol. The topological polar surface area (TPSA) is 81.9 Å². The van der Waals surface area contributed by atoms with Crippen molar-refractivity contribution >= 4 is 11.9 Å². The molecule has 1 aliphatic rings. The summed E-state index contributed by atoms with van der Waals surface area (Å²) < 4.78 is 10.3. The number of hydrogen-bond acceptors (Lipinski definition) is 5. The van der Waals surface area contributed by atoms with Crippen molar-refractivity contribution in [3.63, 3.8) is 0 Å². The first-order valence-corrected chi connectivity index (χ1v) is 6.35. The number of carbonyl (C=O) groups excluding carboxylic acids is 2. The number of likely N-dealkylation sites (N-methyl/N-ethyl adjacent to an activating group) is 1. The van der Waals surface area contributed by atoms with E-state index in [-0.39, 0.29) is 12.7 Å². The second kappa shape index (κ2) is 7.33. The normalized spacial score (nSPS) is 21.2. The first-order valence-electron chi connectivity index (χ1n) is 6.35. The van der Waals surface area contributed by atoms with Gasteiger partial charge in [-0.1, -0.05) is 0 Å². The van der Waals surface area contributed by atoms with E-state index in [1.165, 1.54) is 4.90 Å². The van der Waals surface area contributed by atoms with Gasteiger partial charge in [-0.05, 0) is 26.2 Å². The van der Waals surface area contributed by atoms with Gasteiger partial charge in [-0.25, -0.2) is 4.79 Å². The van der Waals surface area contributed by atoms with E-state index in [9.17, 15) is 9.59 Å². The Morgan fingerprint density at radius 3 is 2.78 bits per heavy atom. The van der Waals surface area contributed by atoms with Gasteiger partial charge in [0.05, 0.1) is 12.7 Å². The number of amides is 1. The highest BCUT2D eigenvalue weighted by atomic mass is 16.5. The van der Waals surface area contributed by atoms with Crippen LogP contribution in [0.3, 0.4) is 0 Å². The van der Waals surface area contributed by atoms with Crippen LogP contribution in [0, 0.1) is 0 Å². The lowest BCUT2D eigenvalue weighted by Gasteiger charge is -2.28. The van der Waals surface area contributed by atoms with Crippen LogP contribution in [0.2, 0.25) is 0 Å². The number of hydrogen-bond donors (Lipinski definition) is 1. The zero-order valence-corrected chi connectivity index (χ0v) is 11.1. The highest BCUT2D eigenvalue weighted by Crippen LogP contribution is 2.13. The Bertz CT molecular complexity index is 290. The molecule has 2 unspecified atom stereocenters. The van der Waals surface area contributed by atoms with Gasteiger partial charge in [0.25, 0.3) is 5.91 Å². The summed E-state index contributed by atoms with van der Waals surface area (Å²) >= 11 is 0. The van der Waals surface area contributed by atoms with Gasteiger partial charge in [-0.3, -0.25) is 4.79 Å². The van der Waals surface area contributed by atoms with E-state index in [0.29, 0.717) is 6.54 Å². The summed E-state index contributed by atoms with van der Waals surface area (Å²) in [7, 11) is 1.62. The molecule has 0 aromatic carbocycles. The summed E-state index contributed by atoms with van der Waals surface area (Å²) in [6.45, 7) is 3.09. The molecule has 6 heteroatoms. The monoisotopic (exact) mass is 258 g/mol. The molecule has 0 bridgehead atoms. The second-order valence-corrected chi connectivity index (χ2v) is 4.44. The lowest BCUT2D eigenvalue weighted by molar-refractivity contribution is -0.151. The number of rotatable bonds is 5. The highest BCUT2D eigenvalue weighted by Gasteiger charge is 2.28. The average Bonchev–Trinajstić information content (AvgIpc) is 2.38. The van der Waals surface area contributed by atoms with E-state index in [2.05, 4.69) is 0 Å². The molecule has 2 atom stereocenters. The van der Waals surface area contributed by atoms with Gasteiger partial charge in [0, 0.05) is 20.2 Å². The molecule has 6 nitrogen and oxygen atoms in total. The van der Waals surface area contributed by atoms with Crippen LogP contribution in [0.15, 0.2) is 0 Å². The fourth-order valence-corrected chi connectivity index (χ4v) is 1.92. The van der Waals surface area contributed by atoms with Crippen LogP contribution in [-0.2, 0) is 19.1 Å². The summed E-state index contributed by atoms with van der Waals surface area (Å²) in [4.78, 5) is 24.7. The van der Waals surface area contributed by atoms with Crippen LogP contribution in [0.1, 0.15) is 26.2 Å². The van der Waals surface area contributed by atoms with E-state index < -0.39 is 17.9 Å². The molecule has 1 rings (SSSR count). The summed E-state index contributed by atoms with van der Waals surface area (Å²) in [5, 5.41) is 0. The predicted octanol–water partition coefficient (Wildman–Crippen LogP) is -0.0957. The number of esters is 1. The molecule has 0 aromatic rings. The molecule has 0 spiro atoms. The van der Waals surface area contributed by atoms with Gasteiger partial charge in [-0.15, -0.1) is 0 Å². The molecule has 1 heterocycles. The van der Waals surface area contributed by atoms with Crippen molar-refractivity contribution in [2.75, 3.05) is 26.8 Å². The molecule has 0 aromatic heterocycles. The maximum absolute atomic E-state index is 11.9. The van der Waals surface area contributed by atoms with E-state index >= 15 is 0 Å². The third kappa shape index (κ3) is 4.27. The molecule has 1 aliphatic heterocycles. The number of ether oxygens (including phenoxy) is 2. The molecule has 104 valence electrons. The van der Waals surface area contributed by atoms with Crippen LogP contribution < -0.4 is 5.73 Å². The van der Waals surface area contributed by atoms with E-state index in [1.807, 2.05) is 0 Å². The standard InChI is InChI=1S/C12H22N2O4/c1-3-17-12(16)10(13)11(15)14(2)8-9-6-4-5-7-18-9/h9-10H,3-8,13H2,1-2H3. The molecule has 0 aliphatic carbocycles. The first kappa shape index (κ1) is 14.9. The van der Waals surface area contributed by atoms with Crippen molar-refractivity contribution in [1.29, 1.82) is 0 Å². The quantitative estimate of drug-likeness (QED) is 0.550. The third-order valence-electron chi connectivity index (χ3n) is 2.93. The van der Waals surface area contributed by atoms with Crippen LogP contribution >= 0.6 is 0 Å². The predicted molar refractivity (Wildman–Crippen MR) is 65.8 cm³/mol. The molecular weight excluding hydrogens is 236 g/mol. The Morgan fingerprint density at radius 1 is 1.50 bits per heavy atom. The van der Waals surface area contributed by atoms with Crippen LogP contribution in [-0.4, -0.2) is 55.7 Å². The zero-order valence-electron chi connectivity index (χ0n) is 11.1. The zero-order chi connectivity index (χ0) is 13.5. The fraction of sp³-hybridized carbons (Fsp3) is 0.833. The van der Waals surface area contributed by atoms with Crippen LogP contribution in [0.4, 0.5) is 0 Å². The summed E-state index contributed by atoms with van der Waals surface area (Å²) in [6.07, 6.45) is 3.15. The minimum absolute atomic E-state index is 0.0436. The number of carbonyl (C=O) groups is 2. The van der Waals surface area contributed by atoms with Gasteiger partial charge in [-0.2, -0.15) is 0 Å². The van der Waals surface area contributed by atoms with Crippen LogP contribution in [0.5, 0.6) is 0 Å². The Hall–Kier alpha value is -1.14. The van der Waals surface area contributed by atoms with Crippen molar-refractivity contribution < 1.29 is 19.1 Å². The van der Waals surface area contributed by atoms with Gasteiger partial charge in [0.1, 0.15) is 0 Å². The number of nitrogens with zero attached hydrogens (tertiary/aromatic N) is 1. The Labute approximate surface area is 107 Å². The maximum atomic E-state index is 11.9. The molecule has 1 amide bonds. The second-order valence-electron chi connectivity index (χ2n) is 4.44. The van der Waals surface area contributed by atoms with Crippen molar-refractivity contribution in [3.8, 4) is 0 Å². The van der Waals surface area contributed by atoms with Gasteiger partial charge < -0.3 is 20.1 Å². The minimum Gasteiger partial charge on any atom is -0.464 e. The molecular formula is C12H22N2O4. The van der Waals surface area contributed by atoms with E-state index in [1.54, 1.807) is 14.0 Å². The Morgan fingerprint density at radius 2 is 2.22 bits per heavy atom. The van der Waals surface area contributed by atoms with E-state index in [4.69, 9.17) is 15.2 Å². The van der Waals surface area contributed by atoms with Crippen molar-refractivity contribution in [1.82, 2.24) is 4.90 Å². The molecule has 1 fully saturated rings. The highest BCUT2D eigenvalue weighted by molar-refractivity contribution is 6.01. The Kier molecular flexibility index (Phi) is 6.07. The van der Waals surface area contributed by atoms with Crippen molar-refractivity contribution in [2.45, 2.75) is 38.3 Å². The van der Waals surface area contributed by atoms with Crippen molar-refractivity contribution in [2.24, 2.45) is 5.73 Å². The maximum Gasteiger partial charge on any atom is 0.332 e. The molecule has 2 N–H and O–H groups in total. The summed E-state index contributed by atoms with van der Waals surface area (Å²) in [6, 6.07) is -1.24. The largest absolute Gasteiger partial charge is 0.464 e. The van der Waals surface area contributed by atoms with Gasteiger partial charge in [0.15, 0.2) is 6.04 Å². The van der Waals surface area contributed by atoms with E-state index in [0.717, 1.165) is 25.9 Å². The van der Waals surface area contributed by atoms with Gasteiger partial charge >= 0.3 is 5.97 Å². The molecule has 0 saturated carbocycles. The smallest absolute Gasteiger partial charge is 0.332 e. The first-order chi connectivity index (χ1) is 8.56. The van der Waals surface area contributed by atoms with Gasteiger partial charge in [0.2, 0.25) is 0 Å². The summed E-state index contributed by atoms with van der Waals surface area (Å²) in [5.74, 6) is -1.11.